The quantitative estimate of drug-likeness (QED) is 0.740. The van der Waals surface area contributed by atoms with Crippen LogP contribution in [0.2, 0.25) is 5.02 Å². The molecular formula is C23H25ClN2O2. The van der Waals surface area contributed by atoms with E-state index in [-0.39, 0.29) is 11.8 Å². The van der Waals surface area contributed by atoms with Gasteiger partial charge >= 0.3 is 0 Å². The zero-order valence-electron chi connectivity index (χ0n) is 15.8. The highest BCUT2D eigenvalue weighted by Crippen LogP contribution is 2.41. The van der Waals surface area contributed by atoms with Crippen molar-refractivity contribution >= 4 is 29.1 Å². The van der Waals surface area contributed by atoms with E-state index < -0.39 is 5.41 Å². The molecule has 0 saturated heterocycles. The Balaban J connectivity index is 1.57. The molecule has 0 spiro atoms. The van der Waals surface area contributed by atoms with Crippen molar-refractivity contribution in [2.24, 2.45) is 0 Å². The highest BCUT2D eigenvalue weighted by atomic mass is 35.5. The monoisotopic (exact) mass is 396 g/mol. The van der Waals surface area contributed by atoms with Gasteiger partial charge in [-0.05, 0) is 61.6 Å². The number of amides is 2. The van der Waals surface area contributed by atoms with Crippen LogP contribution in [0.25, 0.3) is 0 Å². The van der Waals surface area contributed by atoms with Crippen molar-refractivity contribution in [2.75, 3.05) is 5.32 Å². The third-order valence-electron chi connectivity index (χ3n) is 5.81. The van der Waals surface area contributed by atoms with Gasteiger partial charge in [-0.1, -0.05) is 49.1 Å². The normalized spacial score (nSPS) is 18.3. The Morgan fingerprint density at radius 1 is 0.964 bits per heavy atom. The van der Waals surface area contributed by atoms with Gasteiger partial charge in [-0.25, -0.2) is 0 Å². The molecule has 2 saturated carbocycles. The van der Waals surface area contributed by atoms with E-state index in [1.165, 1.54) is 0 Å². The second kappa shape index (κ2) is 7.96. The third kappa shape index (κ3) is 4.07. The maximum absolute atomic E-state index is 13.4. The molecular weight excluding hydrogens is 372 g/mol. The maximum Gasteiger partial charge on any atom is 0.251 e. The standard InChI is InChI=1S/C23H25ClN2O2/c24-18-8-5-7-17(15-18)23(12-2-1-3-13-23)22(28)26-20-9-4-6-16(14-20)21(27)25-19-10-11-19/h4-9,14-15,19H,1-3,10-13H2,(H,25,27)(H,26,28). The molecule has 2 N–H and O–H groups in total. The molecule has 0 atom stereocenters. The number of anilines is 1. The minimum absolute atomic E-state index is 0.0192. The Morgan fingerprint density at radius 2 is 1.71 bits per heavy atom. The second-order valence-electron chi connectivity index (χ2n) is 7.94. The van der Waals surface area contributed by atoms with Crippen LogP contribution >= 0.6 is 11.6 Å². The van der Waals surface area contributed by atoms with Gasteiger partial charge in [-0.2, -0.15) is 0 Å². The first-order valence-corrected chi connectivity index (χ1v) is 10.4. The van der Waals surface area contributed by atoms with Crippen molar-refractivity contribution in [1.29, 1.82) is 0 Å². The van der Waals surface area contributed by atoms with E-state index >= 15 is 0 Å². The number of carbonyl (C=O) groups is 2. The number of carbonyl (C=O) groups excluding carboxylic acids is 2. The lowest BCUT2D eigenvalue weighted by molar-refractivity contribution is -0.122. The van der Waals surface area contributed by atoms with E-state index in [4.69, 9.17) is 11.6 Å². The summed E-state index contributed by atoms with van der Waals surface area (Å²) in [7, 11) is 0. The Morgan fingerprint density at radius 3 is 2.43 bits per heavy atom. The summed E-state index contributed by atoms with van der Waals surface area (Å²) >= 11 is 6.22. The smallest absolute Gasteiger partial charge is 0.251 e. The van der Waals surface area contributed by atoms with Crippen LogP contribution in [0.3, 0.4) is 0 Å². The van der Waals surface area contributed by atoms with Crippen molar-refractivity contribution in [3.8, 4) is 0 Å². The minimum atomic E-state index is -0.574. The summed E-state index contributed by atoms with van der Waals surface area (Å²) in [5.41, 5.74) is 1.63. The molecule has 2 aromatic carbocycles. The fraction of sp³-hybridized carbons (Fsp3) is 0.391. The number of nitrogens with one attached hydrogen (secondary N) is 2. The maximum atomic E-state index is 13.4. The summed E-state index contributed by atoms with van der Waals surface area (Å²) in [5, 5.41) is 6.71. The van der Waals surface area contributed by atoms with Gasteiger partial charge in [-0.15, -0.1) is 0 Å². The van der Waals surface area contributed by atoms with Crippen molar-refractivity contribution < 1.29 is 9.59 Å². The van der Waals surface area contributed by atoms with Gasteiger partial charge in [0.2, 0.25) is 5.91 Å². The molecule has 0 unspecified atom stereocenters. The highest BCUT2D eigenvalue weighted by Gasteiger charge is 2.41. The fourth-order valence-corrected chi connectivity index (χ4v) is 4.26. The molecule has 2 aliphatic rings. The predicted molar refractivity (Wildman–Crippen MR) is 112 cm³/mol. The van der Waals surface area contributed by atoms with Crippen molar-refractivity contribution in [3.63, 3.8) is 0 Å². The number of hydrogen-bond donors (Lipinski definition) is 2. The molecule has 5 heteroatoms. The molecule has 0 aromatic heterocycles. The van der Waals surface area contributed by atoms with Gasteiger partial charge in [0.1, 0.15) is 0 Å². The SMILES string of the molecule is O=C(NC1CC1)c1cccc(NC(=O)C2(c3cccc(Cl)c3)CCCCC2)c1. The fourth-order valence-electron chi connectivity index (χ4n) is 4.07. The molecule has 146 valence electrons. The van der Waals surface area contributed by atoms with Crippen LogP contribution in [0.5, 0.6) is 0 Å². The molecule has 2 fully saturated rings. The molecule has 0 bridgehead atoms. The highest BCUT2D eigenvalue weighted by molar-refractivity contribution is 6.30. The molecule has 2 amide bonds. The average Bonchev–Trinajstić information content (AvgIpc) is 3.52. The number of rotatable bonds is 5. The molecule has 0 radical (unpaired) electrons. The molecule has 2 aromatic rings. The topological polar surface area (TPSA) is 58.2 Å². The minimum Gasteiger partial charge on any atom is -0.349 e. The average molecular weight is 397 g/mol. The number of halogens is 1. The summed E-state index contributed by atoms with van der Waals surface area (Å²) in [4.78, 5) is 25.7. The van der Waals surface area contributed by atoms with Crippen molar-refractivity contribution in [3.05, 3.63) is 64.7 Å². The van der Waals surface area contributed by atoms with Crippen LogP contribution < -0.4 is 10.6 Å². The predicted octanol–water partition coefficient (Wildman–Crippen LogP) is 5.07. The van der Waals surface area contributed by atoms with Gasteiger partial charge in [0.05, 0.1) is 5.41 Å². The van der Waals surface area contributed by atoms with Crippen LogP contribution in [0.4, 0.5) is 5.69 Å². The first-order valence-electron chi connectivity index (χ1n) is 10.1. The van der Waals surface area contributed by atoms with E-state index in [1.807, 2.05) is 36.4 Å². The second-order valence-corrected chi connectivity index (χ2v) is 8.37. The van der Waals surface area contributed by atoms with Gasteiger partial charge in [-0.3, -0.25) is 9.59 Å². The molecule has 4 nitrogen and oxygen atoms in total. The van der Waals surface area contributed by atoms with E-state index in [2.05, 4.69) is 10.6 Å². The summed E-state index contributed by atoms with van der Waals surface area (Å²) in [5.74, 6) is -0.102. The molecule has 4 rings (SSSR count). The van der Waals surface area contributed by atoms with Gasteiger partial charge in [0.25, 0.3) is 5.91 Å². The van der Waals surface area contributed by atoms with Gasteiger partial charge in [0, 0.05) is 22.3 Å². The lowest BCUT2D eigenvalue weighted by atomic mass is 9.68. The number of benzene rings is 2. The largest absolute Gasteiger partial charge is 0.349 e. The Labute approximate surface area is 170 Å². The van der Waals surface area contributed by atoms with Crippen LogP contribution in [0.1, 0.15) is 60.9 Å². The summed E-state index contributed by atoms with van der Waals surface area (Å²) in [6, 6.07) is 15.1. The Bertz CT molecular complexity index is 886. The van der Waals surface area contributed by atoms with Gasteiger partial charge in [0.15, 0.2) is 0 Å². The van der Waals surface area contributed by atoms with Crippen LogP contribution in [-0.2, 0) is 10.2 Å². The van der Waals surface area contributed by atoms with E-state index in [0.717, 1.165) is 50.5 Å². The lowest BCUT2D eigenvalue weighted by Crippen LogP contribution is -2.42. The Kier molecular flexibility index (Phi) is 5.40. The van der Waals surface area contributed by atoms with Crippen LogP contribution in [0, 0.1) is 0 Å². The van der Waals surface area contributed by atoms with E-state index in [1.54, 1.807) is 12.1 Å². The van der Waals surface area contributed by atoms with Crippen LogP contribution in [0.15, 0.2) is 48.5 Å². The molecule has 2 aliphatic carbocycles. The summed E-state index contributed by atoms with van der Waals surface area (Å²) in [6.45, 7) is 0. The lowest BCUT2D eigenvalue weighted by Gasteiger charge is -2.36. The van der Waals surface area contributed by atoms with Crippen molar-refractivity contribution in [1.82, 2.24) is 5.32 Å². The first-order chi connectivity index (χ1) is 13.6. The van der Waals surface area contributed by atoms with Crippen LogP contribution in [-0.4, -0.2) is 17.9 Å². The van der Waals surface area contributed by atoms with E-state index in [0.29, 0.717) is 22.3 Å². The third-order valence-corrected chi connectivity index (χ3v) is 6.05. The number of hydrogen-bond acceptors (Lipinski definition) is 2. The van der Waals surface area contributed by atoms with Crippen molar-refractivity contribution in [2.45, 2.75) is 56.4 Å². The van der Waals surface area contributed by atoms with E-state index in [9.17, 15) is 9.59 Å². The Hall–Kier alpha value is -2.33. The summed E-state index contributed by atoms with van der Waals surface area (Å²) in [6.07, 6.45) is 6.89. The summed E-state index contributed by atoms with van der Waals surface area (Å²) < 4.78 is 0. The molecule has 0 heterocycles. The zero-order chi connectivity index (χ0) is 19.6. The molecule has 28 heavy (non-hydrogen) atoms. The first kappa shape index (κ1) is 19.0. The van der Waals surface area contributed by atoms with Gasteiger partial charge < -0.3 is 10.6 Å². The molecule has 0 aliphatic heterocycles. The zero-order valence-corrected chi connectivity index (χ0v) is 16.6.